The average molecular weight is 443 g/mol. The topological polar surface area (TPSA) is 49.6 Å². The highest BCUT2D eigenvalue weighted by atomic mass is 19.1. The van der Waals surface area contributed by atoms with Gasteiger partial charge in [-0.1, -0.05) is 42.0 Å². The molecule has 0 atom stereocenters. The van der Waals surface area contributed by atoms with Gasteiger partial charge in [-0.2, -0.15) is 9.50 Å². The molecule has 7 heteroatoms. The molecular weight excluding hydrogens is 415 g/mol. The van der Waals surface area contributed by atoms with E-state index in [2.05, 4.69) is 41.0 Å². The van der Waals surface area contributed by atoms with Crippen LogP contribution in [0.5, 0.6) is 0 Å². The molecule has 168 valence electrons. The lowest BCUT2D eigenvalue weighted by molar-refractivity contribution is 0.592. The lowest BCUT2D eigenvalue weighted by atomic mass is 10.1. The molecular formula is C26H27FN6. The molecule has 0 saturated carbocycles. The lowest BCUT2D eigenvalue weighted by Crippen LogP contribution is -2.47. The minimum Gasteiger partial charge on any atom is -0.366 e. The van der Waals surface area contributed by atoms with E-state index >= 15 is 0 Å². The van der Waals surface area contributed by atoms with Crippen LogP contribution in [0.4, 0.5) is 15.9 Å². The first-order valence-corrected chi connectivity index (χ1v) is 11.7. The molecule has 0 unspecified atom stereocenters. The van der Waals surface area contributed by atoms with E-state index in [-0.39, 0.29) is 5.82 Å². The molecule has 2 aliphatic rings. The zero-order chi connectivity index (χ0) is 22.4. The monoisotopic (exact) mass is 442 g/mol. The molecule has 33 heavy (non-hydrogen) atoms. The van der Waals surface area contributed by atoms with Crippen LogP contribution in [-0.2, 0) is 19.3 Å². The van der Waals surface area contributed by atoms with E-state index < -0.39 is 0 Å². The van der Waals surface area contributed by atoms with Crippen molar-refractivity contribution in [2.75, 3.05) is 36.0 Å². The summed E-state index contributed by atoms with van der Waals surface area (Å²) in [5, 5.41) is 4.90. The first kappa shape index (κ1) is 20.1. The van der Waals surface area contributed by atoms with Gasteiger partial charge in [-0.05, 0) is 43.9 Å². The third-order valence-corrected chi connectivity index (χ3v) is 6.78. The SMILES string of the molecule is Cc1ccc(Cc2nc3nc4c(c(N5CCN(c6ccccc6F)CC5)n3n2)CCC4)cc1. The van der Waals surface area contributed by atoms with E-state index in [4.69, 9.17) is 15.1 Å². The number of rotatable bonds is 4. The summed E-state index contributed by atoms with van der Waals surface area (Å²) in [6, 6.07) is 15.6. The van der Waals surface area contributed by atoms with Gasteiger partial charge in [0.15, 0.2) is 5.82 Å². The fourth-order valence-electron chi connectivity index (χ4n) is 5.06. The summed E-state index contributed by atoms with van der Waals surface area (Å²) in [6.07, 6.45) is 3.82. The number of hydrogen-bond acceptors (Lipinski definition) is 5. The Hall–Kier alpha value is -3.48. The Bertz CT molecular complexity index is 1300. The Morgan fingerprint density at radius 2 is 1.64 bits per heavy atom. The molecule has 0 spiro atoms. The van der Waals surface area contributed by atoms with Crippen molar-refractivity contribution in [3.63, 3.8) is 0 Å². The Morgan fingerprint density at radius 3 is 2.42 bits per heavy atom. The molecule has 1 aliphatic carbocycles. The molecule has 2 aromatic carbocycles. The zero-order valence-electron chi connectivity index (χ0n) is 18.8. The lowest BCUT2D eigenvalue weighted by Gasteiger charge is -2.38. The normalized spacial score (nSPS) is 15.9. The number of benzene rings is 2. The van der Waals surface area contributed by atoms with Crippen LogP contribution >= 0.6 is 0 Å². The van der Waals surface area contributed by atoms with E-state index in [1.807, 2.05) is 16.6 Å². The standard InChI is InChI=1S/C26H27FN6/c1-18-9-11-19(12-10-18)17-24-29-26-28-22-7-4-5-20(22)25(33(26)30-24)32-15-13-31(14-16-32)23-8-3-2-6-21(23)27/h2-3,6,8-12H,4-5,7,13-17H2,1H3. The molecule has 1 fully saturated rings. The number of para-hydroxylation sites is 1. The molecule has 0 amide bonds. The van der Waals surface area contributed by atoms with E-state index in [1.54, 1.807) is 6.07 Å². The average Bonchev–Trinajstić information content (AvgIpc) is 3.45. The van der Waals surface area contributed by atoms with Crippen molar-refractivity contribution in [3.8, 4) is 0 Å². The predicted molar refractivity (Wildman–Crippen MR) is 128 cm³/mol. The number of halogens is 1. The van der Waals surface area contributed by atoms with Gasteiger partial charge in [0, 0.05) is 38.2 Å². The van der Waals surface area contributed by atoms with Crippen molar-refractivity contribution in [1.29, 1.82) is 0 Å². The number of hydrogen-bond donors (Lipinski definition) is 0. The van der Waals surface area contributed by atoms with Gasteiger partial charge in [-0.3, -0.25) is 0 Å². The second-order valence-electron chi connectivity index (χ2n) is 9.04. The summed E-state index contributed by atoms with van der Waals surface area (Å²) in [6.45, 7) is 5.26. The van der Waals surface area contributed by atoms with Crippen molar-refractivity contribution >= 4 is 17.3 Å². The molecule has 4 aromatic rings. The minimum absolute atomic E-state index is 0.157. The van der Waals surface area contributed by atoms with Gasteiger partial charge in [0.05, 0.1) is 11.4 Å². The maximum absolute atomic E-state index is 14.3. The second-order valence-corrected chi connectivity index (χ2v) is 9.04. The van der Waals surface area contributed by atoms with Gasteiger partial charge in [-0.25, -0.2) is 9.37 Å². The smallest absolute Gasteiger partial charge is 0.254 e. The van der Waals surface area contributed by atoms with Gasteiger partial charge < -0.3 is 9.80 Å². The Morgan fingerprint density at radius 1 is 0.879 bits per heavy atom. The van der Waals surface area contributed by atoms with Crippen molar-refractivity contribution in [2.45, 2.75) is 32.6 Å². The zero-order valence-corrected chi connectivity index (χ0v) is 18.8. The van der Waals surface area contributed by atoms with Crippen molar-refractivity contribution in [3.05, 3.63) is 82.6 Å². The van der Waals surface area contributed by atoms with Crippen LogP contribution in [-0.4, -0.2) is 45.8 Å². The summed E-state index contributed by atoms with van der Waals surface area (Å²) in [7, 11) is 0. The van der Waals surface area contributed by atoms with Crippen molar-refractivity contribution in [2.24, 2.45) is 0 Å². The van der Waals surface area contributed by atoms with Crippen LogP contribution in [0.15, 0.2) is 48.5 Å². The largest absolute Gasteiger partial charge is 0.366 e. The molecule has 0 N–H and O–H groups in total. The molecule has 1 aliphatic heterocycles. The molecule has 2 aromatic heterocycles. The molecule has 1 saturated heterocycles. The van der Waals surface area contributed by atoms with Crippen LogP contribution in [0.3, 0.4) is 0 Å². The summed E-state index contributed by atoms with van der Waals surface area (Å²) >= 11 is 0. The Kier molecular flexibility index (Phi) is 4.97. The maximum atomic E-state index is 14.3. The summed E-state index contributed by atoms with van der Waals surface area (Å²) in [4.78, 5) is 14.2. The number of anilines is 2. The third kappa shape index (κ3) is 3.71. The quantitative estimate of drug-likeness (QED) is 0.479. The van der Waals surface area contributed by atoms with E-state index in [0.717, 1.165) is 62.8 Å². The Balaban J connectivity index is 1.31. The van der Waals surface area contributed by atoms with Crippen LogP contribution in [0, 0.1) is 12.7 Å². The van der Waals surface area contributed by atoms with E-state index in [9.17, 15) is 4.39 Å². The fourth-order valence-corrected chi connectivity index (χ4v) is 5.06. The number of aromatic nitrogens is 4. The molecule has 0 radical (unpaired) electrons. The molecule has 0 bridgehead atoms. The summed E-state index contributed by atoms with van der Waals surface area (Å²) < 4.78 is 16.3. The van der Waals surface area contributed by atoms with Gasteiger partial charge in [0.2, 0.25) is 0 Å². The number of nitrogens with zero attached hydrogens (tertiary/aromatic N) is 6. The highest BCUT2D eigenvalue weighted by Gasteiger charge is 2.28. The molecule has 3 heterocycles. The van der Waals surface area contributed by atoms with Crippen LogP contribution in [0.2, 0.25) is 0 Å². The third-order valence-electron chi connectivity index (χ3n) is 6.78. The van der Waals surface area contributed by atoms with Crippen LogP contribution in [0.1, 0.15) is 34.6 Å². The van der Waals surface area contributed by atoms with E-state index in [1.165, 1.54) is 22.8 Å². The van der Waals surface area contributed by atoms with Crippen LogP contribution in [0.25, 0.3) is 5.78 Å². The first-order chi connectivity index (χ1) is 16.2. The minimum atomic E-state index is -0.157. The molecule has 6 rings (SSSR count). The van der Waals surface area contributed by atoms with Gasteiger partial charge >= 0.3 is 0 Å². The van der Waals surface area contributed by atoms with E-state index in [0.29, 0.717) is 17.9 Å². The Labute approximate surface area is 192 Å². The fraction of sp³-hybridized carbons (Fsp3) is 0.346. The summed E-state index contributed by atoms with van der Waals surface area (Å²) in [5.41, 5.74) is 5.58. The van der Waals surface area contributed by atoms with Gasteiger partial charge in [-0.15, -0.1) is 5.10 Å². The van der Waals surface area contributed by atoms with Crippen molar-refractivity contribution < 1.29 is 4.39 Å². The van der Waals surface area contributed by atoms with Crippen LogP contribution < -0.4 is 9.80 Å². The second kappa shape index (κ2) is 8.14. The number of piperazine rings is 1. The van der Waals surface area contributed by atoms with Crippen molar-refractivity contribution in [1.82, 2.24) is 19.6 Å². The molecule has 6 nitrogen and oxygen atoms in total. The highest BCUT2D eigenvalue weighted by Crippen LogP contribution is 2.32. The van der Waals surface area contributed by atoms with Gasteiger partial charge in [0.1, 0.15) is 11.6 Å². The highest BCUT2D eigenvalue weighted by molar-refractivity contribution is 5.58. The predicted octanol–water partition coefficient (Wildman–Crippen LogP) is 3.98. The number of aryl methyl sites for hydroxylation is 2. The maximum Gasteiger partial charge on any atom is 0.254 e. The summed E-state index contributed by atoms with van der Waals surface area (Å²) in [5.74, 6) is 2.45. The van der Waals surface area contributed by atoms with Gasteiger partial charge in [0.25, 0.3) is 5.78 Å². The number of fused-ring (bicyclic) bond motifs is 2. The first-order valence-electron chi connectivity index (χ1n) is 11.7.